The third-order valence-corrected chi connectivity index (χ3v) is 5.31. The van der Waals surface area contributed by atoms with Crippen molar-refractivity contribution in [2.45, 2.75) is 34.1 Å². The Hall–Kier alpha value is -0.0400. The van der Waals surface area contributed by atoms with Crippen LogP contribution >= 0.6 is 0 Å². The van der Waals surface area contributed by atoms with Gasteiger partial charge in [-0.3, -0.25) is 0 Å². The van der Waals surface area contributed by atoms with Crippen LogP contribution < -0.4 is 5.73 Å². The van der Waals surface area contributed by atoms with Crippen molar-refractivity contribution in [2.75, 3.05) is 6.54 Å². The molecule has 1 nitrogen and oxygen atoms in total. The summed E-state index contributed by atoms with van der Waals surface area (Å²) in [6.45, 7) is 10.5. The van der Waals surface area contributed by atoms with Crippen molar-refractivity contribution >= 4 is 0 Å². The van der Waals surface area contributed by atoms with E-state index in [1.807, 2.05) is 0 Å². The fraction of sp³-hybridized carbons (Fsp3) is 1.00. The van der Waals surface area contributed by atoms with E-state index in [0.717, 1.165) is 36.1 Å². The Morgan fingerprint density at radius 1 is 1.46 bits per heavy atom. The highest BCUT2D eigenvalue weighted by Gasteiger charge is 2.65. The minimum Gasteiger partial charge on any atom is -0.330 e. The Bertz CT molecular complexity index is 211. The summed E-state index contributed by atoms with van der Waals surface area (Å²) in [5.41, 5.74) is 6.46. The average molecular weight is 181 g/mol. The molecule has 0 heterocycles. The van der Waals surface area contributed by atoms with Crippen molar-refractivity contribution in [3.63, 3.8) is 0 Å². The van der Waals surface area contributed by atoms with Crippen LogP contribution in [0.25, 0.3) is 0 Å². The van der Waals surface area contributed by atoms with E-state index in [4.69, 9.17) is 5.73 Å². The van der Waals surface area contributed by atoms with Crippen molar-refractivity contribution in [2.24, 2.45) is 40.7 Å². The largest absolute Gasteiger partial charge is 0.330 e. The second-order valence-electron chi connectivity index (χ2n) is 5.76. The molecule has 0 radical (unpaired) electrons. The first-order chi connectivity index (χ1) is 6.03. The van der Waals surface area contributed by atoms with Crippen LogP contribution in [0, 0.1) is 35.0 Å². The Kier molecular flexibility index (Phi) is 1.99. The summed E-state index contributed by atoms with van der Waals surface area (Å²) >= 11 is 0. The zero-order valence-corrected chi connectivity index (χ0v) is 9.38. The van der Waals surface area contributed by atoms with E-state index in [2.05, 4.69) is 27.7 Å². The van der Waals surface area contributed by atoms with Gasteiger partial charge in [0.2, 0.25) is 0 Å². The van der Waals surface area contributed by atoms with Crippen LogP contribution in [-0.2, 0) is 0 Å². The number of hydrogen-bond acceptors (Lipinski definition) is 1. The van der Waals surface area contributed by atoms with Gasteiger partial charge in [-0.1, -0.05) is 27.7 Å². The molecule has 0 bridgehead atoms. The van der Waals surface area contributed by atoms with Gasteiger partial charge in [0.15, 0.2) is 0 Å². The van der Waals surface area contributed by atoms with Gasteiger partial charge in [0, 0.05) is 0 Å². The van der Waals surface area contributed by atoms with Gasteiger partial charge in [0.1, 0.15) is 0 Å². The maximum absolute atomic E-state index is 5.90. The molecule has 0 aromatic carbocycles. The summed E-state index contributed by atoms with van der Waals surface area (Å²) in [6, 6.07) is 0. The molecule has 2 fully saturated rings. The second-order valence-corrected chi connectivity index (χ2v) is 5.76. The molecular weight excluding hydrogens is 158 g/mol. The number of rotatable bonds is 2. The lowest BCUT2D eigenvalue weighted by molar-refractivity contribution is -0.227. The van der Waals surface area contributed by atoms with Crippen LogP contribution in [0.5, 0.6) is 0 Å². The smallest absolute Gasteiger partial charge is 0.00406 e. The van der Waals surface area contributed by atoms with E-state index in [1.165, 1.54) is 6.42 Å². The summed E-state index contributed by atoms with van der Waals surface area (Å²) < 4.78 is 0. The summed E-state index contributed by atoms with van der Waals surface area (Å²) in [7, 11) is 0. The monoisotopic (exact) mass is 181 g/mol. The molecule has 1 heteroatoms. The summed E-state index contributed by atoms with van der Waals surface area (Å²) in [5, 5.41) is 0. The quantitative estimate of drug-likeness (QED) is 0.696. The Morgan fingerprint density at radius 3 is 2.46 bits per heavy atom. The molecule has 5 atom stereocenters. The lowest BCUT2D eigenvalue weighted by Gasteiger charge is -2.71. The minimum atomic E-state index is 0.561. The topological polar surface area (TPSA) is 26.0 Å². The number of hydrogen-bond donors (Lipinski definition) is 1. The van der Waals surface area contributed by atoms with E-state index in [1.54, 1.807) is 0 Å². The van der Waals surface area contributed by atoms with E-state index >= 15 is 0 Å². The van der Waals surface area contributed by atoms with E-state index in [9.17, 15) is 0 Å². The van der Waals surface area contributed by atoms with Gasteiger partial charge in [0.25, 0.3) is 0 Å². The third kappa shape index (κ3) is 0.918. The van der Waals surface area contributed by atoms with Gasteiger partial charge in [-0.25, -0.2) is 0 Å². The van der Waals surface area contributed by atoms with Crippen LogP contribution in [0.4, 0.5) is 0 Å². The second kappa shape index (κ2) is 2.73. The standard InChI is InChI=1S/C12H23N/c1-7(2)12(4)9-5-8(3)11(9)10(12)6-13/h7-11H,5-6,13H2,1-4H3/t8-,9?,10?,11-,12?/m1/s1. The zero-order chi connectivity index (χ0) is 9.80. The fourth-order valence-electron chi connectivity index (χ4n) is 4.10. The van der Waals surface area contributed by atoms with Crippen molar-refractivity contribution in [3.8, 4) is 0 Å². The molecule has 0 saturated heterocycles. The molecule has 0 spiro atoms. The molecule has 2 rings (SSSR count). The van der Waals surface area contributed by atoms with Gasteiger partial charge in [-0.2, -0.15) is 0 Å². The van der Waals surface area contributed by atoms with E-state index in [-0.39, 0.29) is 0 Å². The Balaban J connectivity index is 2.14. The highest BCUT2D eigenvalue weighted by molar-refractivity contribution is 5.14. The molecule has 0 aromatic rings. The predicted molar refractivity (Wildman–Crippen MR) is 56.3 cm³/mol. The van der Waals surface area contributed by atoms with E-state index < -0.39 is 0 Å². The van der Waals surface area contributed by atoms with Crippen molar-refractivity contribution in [3.05, 3.63) is 0 Å². The maximum atomic E-state index is 5.90. The van der Waals surface area contributed by atoms with Gasteiger partial charge in [0.05, 0.1) is 0 Å². The highest BCUT2D eigenvalue weighted by Crippen LogP contribution is 2.70. The molecule has 3 unspecified atom stereocenters. The molecule has 76 valence electrons. The van der Waals surface area contributed by atoms with Crippen LogP contribution in [-0.4, -0.2) is 6.54 Å². The number of nitrogens with two attached hydrogens (primary N) is 1. The van der Waals surface area contributed by atoms with Crippen molar-refractivity contribution < 1.29 is 0 Å². The van der Waals surface area contributed by atoms with Gasteiger partial charge in [-0.15, -0.1) is 0 Å². The highest BCUT2D eigenvalue weighted by atomic mass is 14.7. The van der Waals surface area contributed by atoms with Crippen LogP contribution in [0.1, 0.15) is 34.1 Å². The molecule has 13 heavy (non-hydrogen) atoms. The summed E-state index contributed by atoms with van der Waals surface area (Å²) in [6.07, 6.45) is 1.45. The minimum absolute atomic E-state index is 0.561. The first-order valence-electron chi connectivity index (χ1n) is 5.73. The Morgan fingerprint density at radius 2 is 2.08 bits per heavy atom. The lowest BCUT2D eigenvalue weighted by atomic mass is 9.34. The lowest BCUT2D eigenvalue weighted by Crippen LogP contribution is -2.67. The molecule has 0 aliphatic heterocycles. The zero-order valence-electron chi connectivity index (χ0n) is 9.38. The van der Waals surface area contributed by atoms with Crippen molar-refractivity contribution in [1.82, 2.24) is 0 Å². The van der Waals surface area contributed by atoms with Gasteiger partial charge in [-0.05, 0) is 48.0 Å². The Labute approximate surface area is 82.1 Å². The van der Waals surface area contributed by atoms with Crippen LogP contribution in [0.2, 0.25) is 0 Å². The molecule has 2 aliphatic carbocycles. The van der Waals surface area contributed by atoms with Crippen LogP contribution in [0.15, 0.2) is 0 Å². The molecule has 2 N–H and O–H groups in total. The third-order valence-electron chi connectivity index (χ3n) is 5.31. The van der Waals surface area contributed by atoms with Crippen LogP contribution in [0.3, 0.4) is 0 Å². The fourth-order valence-corrected chi connectivity index (χ4v) is 4.10. The molecule has 0 aromatic heterocycles. The maximum Gasteiger partial charge on any atom is -0.00406 e. The average Bonchev–Trinajstić information content (AvgIpc) is 2.07. The molecule has 2 saturated carbocycles. The van der Waals surface area contributed by atoms with Crippen molar-refractivity contribution in [1.29, 1.82) is 0 Å². The first-order valence-corrected chi connectivity index (χ1v) is 5.73. The normalized spacial score (nSPS) is 54.0. The number of fused-ring (bicyclic) bond motifs is 1. The van der Waals surface area contributed by atoms with Gasteiger partial charge < -0.3 is 5.73 Å². The van der Waals surface area contributed by atoms with Gasteiger partial charge >= 0.3 is 0 Å². The predicted octanol–water partition coefficient (Wildman–Crippen LogP) is 2.51. The molecule has 2 aliphatic rings. The first kappa shape index (κ1) is 9.51. The summed E-state index contributed by atoms with van der Waals surface area (Å²) in [4.78, 5) is 0. The van der Waals surface area contributed by atoms with E-state index in [0.29, 0.717) is 5.41 Å². The SMILES string of the molecule is CC(C)C1(C)C(CN)[C@H]2C1C[C@H]2C. The molecule has 0 amide bonds. The summed E-state index contributed by atoms with van der Waals surface area (Å²) in [5.74, 6) is 4.52. The molecular formula is C12H23N.